The van der Waals surface area contributed by atoms with Gasteiger partial charge in [0.2, 0.25) is 0 Å². The molecule has 1 aliphatic heterocycles. The van der Waals surface area contributed by atoms with Gasteiger partial charge in [-0.2, -0.15) is 0 Å². The molecule has 1 N–H and O–H groups in total. The molecule has 1 aromatic rings. The second-order valence-electron chi connectivity index (χ2n) is 3.80. The zero-order valence-electron chi connectivity index (χ0n) is 9.57. The van der Waals surface area contributed by atoms with Crippen molar-refractivity contribution < 1.29 is 36.8 Å². The van der Waals surface area contributed by atoms with E-state index in [2.05, 4.69) is 10.6 Å². The summed E-state index contributed by atoms with van der Waals surface area (Å²) >= 11 is 0. The normalized spacial score (nSPS) is 22.8. The fraction of sp³-hybridized carbons (Fsp3) is 0.250. The van der Waals surface area contributed by atoms with Gasteiger partial charge in [-0.25, -0.2) is 0 Å². The summed E-state index contributed by atoms with van der Waals surface area (Å²) in [6.07, 6.45) is 0.262. The molecule has 6 heteroatoms. The SMILES string of the molecule is CC[C@]1(c2ccccc2)C(=O)[N-]C(=O)NC1=O.[Au+]. The van der Waals surface area contributed by atoms with E-state index in [1.165, 1.54) is 0 Å². The molecule has 4 amide bonds. The number of urea groups is 1. The summed E-state index contributed by atoms with van der Waals surface area (Å²) in [5.74, 6) is -1.30. The Morgan fingerprint density at radius 1 is 1.17 bits per heavy atom. The average molecular weight is 428 g/mol. The first-order chi connectivity index (χ1) is 8.11. The first kappa shape index (κ1) is 14.6. The van der Waals surface area contributed by atoms with E-state index in [0.717, 1.165) is 0 Å². The van der Waals surface area contributed by atoms with Gasteiger partial charge in [0.15, 0.2) is 17.8 Å². The van der Waals surface area contributed by atoms with Gasteiger partial charge < -0.3 is 10.6 Å². The number of benzene rings is 1. The number of amides is 4. The van der Waals surface area contributed by atoms with Crippen LogP contribution in [0.4, 0.5) is 4.79 Å². The number of carbonyl (C=O) groups excluding carboxylic acids is 3. The Bertz CT molecular complexity index is 467. The van der Waals surface area contributed by atoms with Crippen molar-refractivity contribution in [3.63, 3.8) is 0 Å². The Labute approximate surface area is 120 Å². The Balaban J connectivity index is 0.00000162. The molecule has 1 atom stereocenters. The van der Waals surface area contributed by atoms with Crippen LogP contribution in [0.15, 0.2) is 30.3 Å². The van der Waals surface area contributed by atoms with E-state index in [9.17, 15) is 14.4 Å². The number of barbiturate groups is 1. The molecule has 1 saturated heterocycles. The predicted molar refractivity (Wildman–Crippen MR) is 60.3 cm³/mol. The van der Waals surface area contributed by atoms with Crippen molar-refractivity contribution in [1.82, 2.24) is 5.32 Å². The van der Waals surface area contributed by atoms with Gasteiger partial charge in [-0.3, -0.25) is 14.4 Å². The Morgan fingerprint density at radius 3 is 2.28 bits per heavy atom. The van der Waals surface area contributed by atoms with Gasteiger partial charge in [0, 0.05) is 0 Å². The molecule has 98 valence electrons. The number of rotatable bonds is 2. The van der Waals surface area contributed by atoms with Crippen LogP contribution in [0, 0.1) is 0 Å². The van der Waals surface area contributed by atoms with Crippen LogP contribution in [0.1, 0.15) is 18.9 Å². The Kier molecular flexibility index (Phi) is 4.45. The third kappa shape index (κ3) is 2.12. The summed E-state index contributed by atoms with van der Waals surface area (Å²) in [6, 6.07) is 7.76. The summed E-state index contributed by atoms with van der Waals surface area (Å²) < 4.78 is 0. The molecule has 18 heavy (non-hydrogen) atoms. The van der Waals surface area contributed by atoms with Gasteiger partial charge in [-0.05, 0) is 12.0 Å². The van der Waals surface area contributed by atoms with Crippen molar-refractivity contribution >= 4 is 17.8 Å². The minimum absolute atomic E-state index is 0. The second kappa shape index (κ2) is 5.48. The fourth-order valence-corrected chi connectivity index (χ4v) is 2.01. The van der Waals surface area contributed by atoms with Crippen LogP contribution in [0.5, 0.6) is 0 Å². The van der Waals surface area contributed by atoms with Crippen molar-refractivity contribution in [3.8, 4) is 0 Å². The van der Waals surface area contributed by atoms with Crippen LogP contribution in [0.3, 0.4) is 0 Å². The number of hydrogen-bond acceptors (Lipinski definition) is 3. The predicted octanol–water partition coefficient (Wildman–Crippen LogP) is 1.48. The zero-order valence-corrected chi connectivity index (χ0v) is 11.7. The van der Waals surface area contributed by atoms with Crippen molar-refractivity contribution in [3.05, 3.63) is 41.2 Å². The number of carbonyl (C=O) groups is 3. The van der Waals surface area contributed by atoms with E-state index in [1.807, 2.05) is 0 Å². The molecule has 0 spiro atoms. The van der Waals surface area contributed by atoms with Crippen molar-refractivity contribution in [1.29, 1.82) is 0 Å². The monoisotopic (exact) mass is 428 g/mol. The van der Waals surface area contributed by atoms with E-state index in [1.54, 1.807) is 37.3 Å². The fourth-order valence-electron chi connectivity index (χ4n) is 2.01. The zero-order chi connectivity index (χ0) is 12.5. The van der Waals surface area contributed by atoms with Crippen molar-refractivity contribution in [2.45, 2.75) is 18.8 Å². The molecule has 1 heterocycles. The summed E-state index contributed by atoms with van der Waals surface area (Å²) in [5.41, 5.74) is -0.809. The molecular formula is C12H11AuN2O3. The maximum atomic E-state index is 12.0. The number of nitrogens with one attached hydrogen (secondary N) is 1. The van der Waals surface area contributed by atoms with E-state index >= 15 is 0 Å². The molecule has 0 radical (unpaired) electrons. The molecule has 0 aliphatic carbocycles. The van der Waals surface area contributed by atoms with E-state index in [4.69, 9.17) is 0 Å². The maximum absolute atomic E-state index is 12.0. The van der Waals surface area contributed by atoms with Crippen LogP contribution in [-0.2, 0) is 37.4 Å². The van der Waals surface area contributed by atoms with Gasteiger partial charge in [-0.15, -0.1) is 0 Å². The largest absolute Gasteiger partial charge is 1.00 e. The molecule has 1 aromatic carbocycles. The molecule has 1 aliphatic rings. The van der Waals surface area contributed by atoms with Crippen molar-refractivity contribution in [2.24, 2.45) is 0 Å². The average Bonchev–Trinajstić information content (AvgIpc) is 2.30. The van der Waals surface area contributed by atoms with Gasteiger partial charge in [0.1, 0.15) is 5.41 Å². The maximum Gasteiger partial charge on any atom is 1.00 e. The van der Waals surface area contributed by atoms with E-state index in [0.29, 0.717) is 5.56 Å². The van der Waals surface area contributed by atoms with Crippen LogP contribution in [0.25, 0.3) is 5.32 Å². The first-order valence-electron chi connectivity index (χ1n) is 5.28. The summed E-state index contributed by atoms with van der Waals surface area (Å²) in [7, 11) is 0. The van der Waals surface area contributed by atoms with Gasteiger partial charge in [0.25, 0.3) is 0 Å². The second-order valence-corrected chi connectivity index (χ2v) is 3.80. The van der Waals surface area contributed by atoms with Gasteiger partial charge in [-0.1, -0.05) is 37.3 Å². The van der Waals surface area contributed by atoms with Crippen LogP contribution >= 0.6 is 0 Å². The van der Waals surface area contributed by atoms with E-state index < -0.39 is 23.3 Å². The topological polar surface area (TPSA) is 77.3 Å². The molecule has 5 nitrogen and oxygen atoms in total. The third-order valence-corrected chi connectivity index (χ3v) is 2.97. The van der Waals surface area contributed by atoms with Crippen LogP contribution in [-0.4, -0.2) is 17.8 Å². The molecule has 1 fully saturated rings. The minimum atomic E-state index is -1.37. The smallest absolute Gasteiger partial charge is 0.394 e. The first-order valence-corrected chi connectivity index (χ1v) is 5.28. The molecule has 0 saturated carbocycles. The minimum Gasteiger partial charge on any atom is -0.394 e. The Hall–Kier alpha value is -1.43. The quantitative estimate of drug-likeness (QED) is 0.573. The summed E-state index contributed by atoms with van der Waals surface area (Å²) in [6.45, 7) is 1.72. The summed E-state index contributed by atoms with van der Waals surface area (Å²) in [4.78, 5) is 34.9. The number of nitrogens with zero attached hydrogens (tertiary/aromatic N) is 1. The molecular weight excluding hydrogens is 417 g/mol. The standard InChI is InChI=1S/C12H12N2O3.Au/c1-2-12(8-6-4-3-5-7-8)9(15)13-11(17)14-10(12)16;/h3-7H,2H2,1H3,(H2,13,14,15,16,17);/q;+1/p-1. The van der Waals surface area contributed by atoms with Crippen LogP contribution in [0.2, 0.25) is 0 Å². The van der Waals surface area contributed by atoms with Crippen molar-refractivity contribution in [2.75, 3.05) is 0 Å². The van der Waals surface area contributed by atoms with E-state index in [-0.39, 0.29) is 28.8 Å². The number of imide groups is 2. The number of hydrogen-bond donors (Lipinski definition) is 1. The van der Waals surface area contributed by atoms with Gasteiger partial charge in [0.05, 0.1) is 0 Å². The third-order valence-electron chi connectivity index (χ3n) is 2.97. The Morgan fingerprint density at radius 2 is 1.78 bits per heavy atom. The van der Waals surface area contributed by atoms with Crippen LogP contribution < -0.4 is 5.32 Å². The molecule has 2 rings (SSSR count). The summed E-state index contributed by atoms with van der Waals surface area (Å²) in [5, 5.41) is 5.41. The molecule has 0 unspecified atom stereocenters. The van der Waals surface area contributed by atoms with Gasteiger partial charge >= 0.3 is 22.4 Å². The molecule has 0 aromatic heterocycles. The molecule has 0 bridgehead atoms.